The van der Waals surface area contributed by atoms with Gasteiger partial charge in [0.25, 0.3) is 0 Å². The van der Waals surface area contributed by atoms with Gasteiger partial charge in [0.15, 0.2) is 0 Å². The van der Waals surface area contributed by atoms with Gasteiger partial charge in [-0.25, -0.2) is 4.98 Å². The maximum Gasteiger partial charge on any atom is 0.0982 e. The average Bonchev–Trinajstić information content (AvgIpc) is 3.09. The molecule has 0 spiro atoms. The molecule has 2 saturated heterocycles. The Morgan fingerprint density at radius 2 is 2.00 bits per heavy atom. The number of piperidine rings is 1. The molecule has 1 aromatic rings. The van der Waals surface area contributed by atoms with E-state index in [9.17, 15) is 0 Å². The first kappa shape index (κ1) is 18.2. The number of nitrogens with zero attached hydrogens (tertiary/aromatic N) is 2. The number of nitrogens with one attached hydrogen (secondary N) is 1. The van der Waals surface area contributed by atoms with E-state index in [-0.39, 0.29) is 17.8 Å². The third kappa shape index (κ3) is 4.44. The SMILES string of the molecule is CC(C)(C)c1nc(CN2CCC(C3CCCN3)CC2)cs1.Cl. The minimum Gasteiger partial charge on any atom is -0.314 e. The number of hydrogen-bond donors (Lipinski definition) is 1. The van der Waals surface area contributed by atoms with Crippen molar-refractivity contribution in [3.05, 3.63) is 16.1 Å². The van der Waals surface area contributed by atoms with Crippen molar-refractivity contribution in [1.29, 1.82) is 0 Å². The third-order valence-corrected chi connectivity index (χ3v) is 6.20. The van der Waals surface area contributed by atoms with Crippen LogP contribution in [0.5, 0.6) is 0 Å². The molecule has 0 amide bonds. The van der Waals surface area contributed by atoms with Crippen LogP contribution in [0.4, 0.5) is 0 Å². The van der Waals surface area contributed by atoms with Gasteiger partial charge in [0.05, 0.1) is 10.7 Å². The zero-order valence-electron chi connectivity index (χ0n) is 14.1. The molecule has 2 aliphatic heterocycles. The van der Waals surface area contributed by atoms with Crippen LogP contribution in [0.15, 0.2) is 5.38 Å². The summed E-state index contributed by atoms with van der Waals surface area (Å²) < 4.78 is 0. The first-order chi connectivity index (χ1) is 10.0. The normalized spacial score (nSPS) is 24.4. The van der Waals surface area contributed by atoms with Crippen LogP contribution in [0.2, 0.25) is 0 Å². The highest BCUT2D eigenvalue weighted by atomic mass is 35.5. The summed E-state index contributed by atoms with van der Waals surface area (Å²) in [6.07, 6.45) is 5.48. The lowest BCUT2D eigenvalue weighted by atomic mass is 9.88. The van der Waals surface area contributed by atoms with Crippen molar-refractivity contribution in [2.24, 2.45) is 5.92 Å². The minimum atomic E-state index is 0. The first-order valence-electron chi connectivity index (χ1n) is 8.43. The lowest BCUT2D eigenvalue weighted by Crippen LogP contribution is -2.40. The summed E-state index contributed by atoms with van der Waals surface area (Å²) in [4.78, 5) is 7.43. The highest BCUT2D eigenvalue weighted by Gasteiger charge is 2.28. The standard InChI is InChI=1S/C17H29N3S.ClH/c1-17(2,3)16-19-14(12-21-16)11-20-9-6-13(7-10-20)15-5-4-8-18-15;/h12-13,15,18H,4-11H2,1-3H3;1H. The monoisotopic (exact) mass is 343 g/mol. The van der Waals surface area contributed by atoms with Crippen LogP contribution < -0.4 is 5.32 Å². The minimum absolute atomic E-state index is 0. The van der Waals surface area contributed by atoms with Gasteiger partial charge in [0, 0.05) is 23.4 Å². The fourth-order valence-corrected chi connectivity index (χ4v) is 4.48. The number of hydrogen-bond acceptors (Lipinski definition) is 4. The second-order valence-electron chi connectivity index (χ2n) is 7.71. The maximum atomic E-state index is 4.84. The topological polar surface area (TPSA) is 28.2 Å². The molecule has 1 aromatic heterocycles. The third-order valence-electron chi connectivity index (χ3n) is 4.88. The summed E-state index contributed by atoms with van der Waals surface area (Å²) >= 11 is 1.82. The van der Waals surface area contributed by atoms with Gasteiger partial charge < -0.3 is 5.32 Å². The zero-order valence-corrected chi connectivity index (χ0v) is 15.7. The summed E-state index contributed by atoms with van der Waals surface area (Å²) in [5, 5.41) is 7.20. The molecule has 0 bridgehead atoms. The van der Waals surface area contributed by atoms with Crippen LogP contribution in [0.1, 0.15) is 57.2 Å². The molecule has 2 aliphatic rings. The predicted octanol–water partition coefficient (Wildman–Crippen LogP) is 3.83. The van der Waals surface area contributed by atoms with E-state index in [1.165, 1.54) is 56.0 Å². The predicted molar refractivity (Wildman–Crippen MR) is 97.1 cm³/mol. The molecular weight excluding hydrogens is 314 g/mol. The summed E-state index contributed by atoms with van der Waals surface area (Å²) in [5.74, 6) is 0.907. The summed E-state index contributed by atoms with van der Waals surface area (Å²) in [6, 6.07) is 0.805. The number of aromatic nitrogens is 1. The van der Waals surface area contributed by atoms with Crippen molar-refractivity contribution in [3.8, 4) is 0 Å². The van der Waals surface area contributed by atoms with E-state index in [1.807, 2.05) is 11.3 Å². The Morgan fingerprint density at radius 1 is 1.27 bits per heavy atom. The van der Waals surface area contributed by atoms with Gasteiger partial charge >= 0.3 is 0 Å². The maximum absolute atomic E-state index is 4.84. The highest BCUT2D eigenvalue weighted by molar-refractivity contribution is 7.09. The fraction of sp³-hybridized carbons (Fsp3) is 0.824. The number of thiazole rings is 1. The second kappa shape index (κ2) is 7.61. The molecule has 5 heteroatoms. The van der Waals surface area contributed by atoms with Gasteiger partial charge in [-0.05, 0) is 51.2 Å². The van der Waals surface area contributed by atoms with Gasteiger partial charge in [0.1, 0.15) is 0 Å². The zero-order chi connectivity index (χ0) is 14.9. The van der Waals surface area contributed by atoms with Crippen LogP contribution in [0, 0.1) is 5.92 Å². The number of likely N-dealkylation sites (tertiary alicyclic amines) is 1. The lowest BCUT2D eigenvalue weighted by molar-refractivity contribution is 0.156. The van der Waals surface area contributed by atoms with Crippen molar-refractivity contribution >= 4 is 23.7 Å². The Morgan fingerprint density at radius 3 is 2.55 bits per heavy atom. The molecular formula is C17H30ClN3S. The van der Waals surface area contributed by atoms with E-state index in [0.29, 0.717) is 0 Å². The van der Waals surface area contributed by atoms with Crippen molar-refractivity contribution < 1.29 is 0 Å². The molecule has 22 heavy (non-hydrogen) atoms. The molecule has 3 rings (SSSR count). The molecule has 2 fully saturated rings. The van der Waals surface area contributed by atoms with E-state index < -0.39 is 0 Å². The largest absolute Gasteiger partial charge is 0.314 e. The Labute approximate surface area is 145 Å². The molecule has 0 saturated carbocycles. The molecule has 0 radical (unpaired) electrons. The van der Waals surface area contributed by atoms with Crippen LogP contribution in [0.25, 0.3) is 0 Å². The Hall–Kier alpha value is -0.160. The smallest absolute Gasteiger partial charge is 0.0982 e. The van der Waals surface area contributed by atoms with E-state index in [1.54, 1.807) is 0 Å². The van der Waals surface area contributed by atoms with Crippen molar-refractivity contribution in [1.82, 2.24) is 15.2 Å². The van der Waals surface area contributed by atoms with Gasteiger partial charge in [-0.15, -0.1) is 23.7 Å². The fourth-order valence-electron chi connectivity index (χ4n) is 3.58. The second-order valence-corrected chi connectivity index (χ2v) is 8.57. The molecule has 3 nitrogen and oxygen atoms in total. The van der Waals surface area contributed by atoms with Gasteiger partial charge in [-0.1, -0.05) is 20.8 Å². The van der Waals surface area contributed by atoms with E-state index in [2.05, 4.69) is 36.4 Å². The molecule has 1 unspecified atom stereocenters. The molecule has 1 N–H and O–H groups in total. The van der Waals surface area contributed by atoms with Crippen LogP contribution in [0.3, 0.4) is 0 Å². The van der Waals surface area contributed by atoms with Gasteiger partial charge in [0.2, 0.25) is 0 Å². The quantitative estimate of drug-likeness (QED) is 0.904. The number of halogens is 1. The van der Waals surface area contributed by atoms with E-state index in [4.69, 9.17) is 4.98 Å². The Bertz CT molecular complexity index is 455. The van der Waals surface area contributed by atoms with Crippen molar-refractivity contribution in [2.45, 2.75) is 64.5 Å². The molecule has 3 heterocycles. The molecule has 126 valence electrons. The van der Waals surface area contributed by atoms with Crippen LogP contribution >= 0.6 is 23.7 Å². The molecule has 0 aliphatic carbocycles. The molecule has 1 atom stereocenters. The van der Waals surface area contributed by atoms with Crippen LogP contribution in [-0.4, -0.2) is 35.6 Å². The summed E-state index contributed by atoms with van der Waals surface area (Å²) in [5.41, 5.74) is 1.45. The summed E-state index contributed by atoms with van der Waals surface area (Å²) in [6.45, 7) is 11.5. The highest BCUT2D eigenvalue weighted by Crippen LogP contribution is 2.28. The van der Waals surface area contributed by atoms with Crippen molar-refractivity contribution in [3.63, 3.8) is 0 Å². The van der Waals surface area contributed by atoms with Gasteiger partial charge in [-0.2, -0.15) is 0 Å². The summed E-state index contributed by atoms with van der Waals surface area (Å²) in [7, 11) is 0. The average molecular weight is 344 g/mol. The molecule has 0 aromatic carbocycles. The first-order valence-corrected chi connectivity index (χ1v) is 9.31. The van der Waals surface area contributed by atoms with E-state index >= 15 is 0 Å². The van der Waals surface area contributed by atoms with E-state index in [0.717, 1.165) is 18.5 Å². The van der Waals surface area contributed by atoms with Gasteiger partial charge in [-0.3, -0.25) is 4.90 Å². The van der Waals surface area contributed by atoms with Crippen LogP contribution in [-0.2, 0) is 12.0 Å². The Balaban J connectivity index is 0.00000176. The number of rotatable bonds is 3. The lowest BCUT2D eigenvalue weighted by Gasteiger charge is -2.34. The Kier molecular flexibility index (Phi) is 6.29. The van der Waals surface area contributed by atoms with Crippen molar-refractivity contribution in [2.75, 3.05) is 19.6 Å².